The van der Waals surface area contributed by atoms with Crippen LogP contribution in [-0.4, -0.2) is 43.5 Å². The van der Waals surface area contributed by atoms with Crippen molar-refractivity contribution in [1.82, 2.24) is 10.6 Å². The summed E-state index contributed by atoms with van der Waals surface area (Å²) in [5, 5.41) is 4.99. The lowest BCUT2D eigenvalue weighted by Gasteiger charge is -2.08. The van der Waals surface area contributed by atoms with Crippen LogP contribution in [0.1, 0.15) is 26.7 Å². The Labute approximate surface area is 107 Å². The largest absolute Gasteiger partial charge is 0.379 e. The average molecular weight is 265 g/mol. The van der Waals surface area contributed by atoms with Gasteiger partial charge in [-0.3, -0.25) is 9.59 Å². The summed E-state index contributed by atoms with van der Waals surface area (Å²) in [7, 11) is 0. The van der Waals surface area contributed by atoms with Gasteiger partial charge in [-0.25, -0.2) is 0 Å². The Kier molecular flexibility index (Phi) is 9.86. The maximum Gasteiger partial charge on any atom is 0.309 e. The monoisotopic (exact) mass is 264 g/mol. The summed E-state index contributed by atoms with van der Waals surface area (Å²) < 4.78 is 5.30. The van der Waals surface area contributed by atoms with E-state index in [2.05, 4.69) is 10.6 Å². The van der Waals surface area contributed by atoms with Gasteiger partial charge in [0.15, 0.2) is 0 Å². The minimum atomic E-state index is -0.611. The molecule has 0 spiro atoms. The van der Waals surface area contributed by atoms with Crippen molar-refractivity contribution in [2.24, 2.45) is 0 Å². The number of halogens is 1. The molecule has 0 saturated carbocycles. The molecule has 2 amide bonds. The van der Waals surface area contributed by atoms with Gasteiger partial charge in [-0.05, 0) is 26.7 Å². The summed E-state index contributed by atoms with van der Waals surface area (Å²) in [6.07, 6.45) is 1.53. The molecule has 0 heterocycles. The Hall–Kier alpha value is -0.810. The molecule has 0 aliphatic rings. The van der Waals surface area contributed by atoms with Crippen LogP contribution >= 0.6 is 11.6 Å². The summed E-state index contributed by atoms with van der Waals surface area (Å²) in [5.41, 5.74) is 0. The van der Waals surface area contributed by atoms with Gasteiger partial charge in [0.1, 0.15) is 0 Å². The summed E-state index contributed by atoms with van der Waals surface area (Å²) in [6, 6.07) is 0. The fourth-order valence-corrected chi connectivity index (χ4v) is 1.16. The molecular formula is C11H21ClN2O3. The number of alkyl halides is 1. The highest BCUT2D eigenvalue weighted by molar-refractivity contribution is 6.35. The van der Waals surface area contributed by atoms with Gasteiger partial charge < -0.3 is 15.4 Å². The van der Waals surface area contributed by atoms with E-state index in [1.165, 1.54) is 0 Å². The third-order valence-corrected chi connectivity index (χ3v) is 2.13. The first-order valence-corrected chi connectivity index (χ1v) is 6.35. The zero-order valence-electron chi connectivity index (χ0n) is 10.4. The lowest BCUT2D eigenvalue weighted by molar-refractivity contribution is -0.139. The molecule has 0 aromatic rings. The summed E-state index contributed by atoms with van der Waals surface area (Å²) in [4.78, 5) is 22.4. The first-order valence-electron chi connectivity index (χ1n) is 5.81. The lowest BCUT2D eigenvalue weighted by Crippen LogP contribution is -2.40. The first-order chi connectivity index (χ1) is 8.07. The highest BCUT2D eigenvalue weighted by atomic mass is 35.5. The van der Waals surface area contributed by atoms with Gasteiger partial charge >= 0.3 is 11.8 Å². The number of ether oxygens (including phenoxy) is 1. The molecule has 0 bridgehead atoms. The SMILES string of the molecule is CC(C)OCCCNC(=O)C(=O)NCCCCl. The second-order valence-electron chi connectivity index (χ2n) is 3.83. The van der Waals surface area contributed by atoms with Crippen LogP contribution in [0.25, 0.3) is 0 Å². The van der Waals surface area contributed by atoms with Crippen LogP contribution in [0.3, 0.4) is 0 Å². The van der Waals surface area contributed by atoms with Crippen molar-refractivity contribution in [2.45, 2.75) is 32.8 Å². The van der Waals surface area contributed by atoms with Gasteiger partial charge in [-0.2, -0.15) is 0 Å². The van der Waals surface area contributed by atoms with Gasteiger partial charge in [-0.15, -0.1) is 11.6 Å². The second kappa shape index (κ2) is 10.4. The third kappa shape index (κ3) is 10.1. The van der Waals surface area contributed by atoms with E-state index in [0.29, 0.717) is 38.4 Å². The Bertz CT molecular complexity index is 235. The quantitative estimate of drug-likeness (QED) is 0.385. The molecule has 17 heavy (non-hydrogen) atoms. The van der Waals surface area contributed by atoms with Gasteiger partial charge in [-0.1, -0.05) is 0 Å². The standard InChI is InChI=1S/C11H21ClN2O3/c1-9(2)17-8-4-7-14-11(16)10(15)13-6-3-5-12/h9H,3-8H2,1-2H3,(H,13,15)(H,14,16). The smallest absolute Gasteiger partial charge is 0.309 e. The van der Waals surface area contributed by atoms with Crippen LogP contribution in [0, 0.1) is 0 Å². The molecule has 0 saturated heterocycles. The van der Waals surface area contributed by atoms with Crippen molar-refractivity contribution < 1.29 is 14.3 Å². The van der Waals surface area contributed by atoms with Crippen molar-refractivity contribution in [3.8, 4) is 0 Å². The van der Waals surface area contributed by atoms with Crippen molar-refractivity contribution in [3.05, 3.63) is 0 Å². The van der Waals surface area contributed by atoms with Crippen molar-refractivity contribution in [2.75, 3.05) is 25.6 Å². The van der Waals surface area contributed by atoms with Crippen LogP contribution in [0.2, 0.25) is 0 Å². The van der Waals surface area contributed by atoms with Crippen molar-refractivity contribution in [1.29, 1.82) is 0 Å². The minimum absolute atomic E-state index is 0.185. The predicted molar refractivity (Wildman–Crippen MR) is 67.1 cm³/mol. The molecule has 2 N–H and O–H groups in total. The molecule has 0 atom stereocenters. The highest BCUT2D eigenvalue weighted by Gasteiger charge is 2.11. The molecule has 5 nitrogen and oxygen atoms in total. The third-order valence-electron chi connectivity index (χ3n) is 1.86. The second-order valence-corrected chi connectivity index (χ2v) is 4.21. The van der Waals surface area contributed by atoms with Crippen LogP contribution in [0.4, 0.5) is 0 Å². The zero-order chi connectivity index (χ0) is 13.1. The molecule has 100 valence electrons. The van der Waals surface area contributed by atoms with Gasteiger partial charge in [0.25, 0.3) is 0 Å². The molecule has 0 fully saturated rings. The Balaban J connectivity index is 3.47. The van der Waals surface area contributed by atoms with E-state index in [-0.39, 0.29) is 6.10 Å². The number of amides is 2. The van der Waals surface area contributed by atoms with E-state index in [0.717, 1.165) is 0 Å². The first kappa shape index (κ1) is 16.2. The average Bonchev–Trinajstić information content (AvgIpc) is 2.28. The number of carbonyl (C=O) groups is 2. The highest BCUT2D eigenvalue weighted by Crippen LogP contribution is 1.89. The van der Waals surface area contributed by atoms with E-state index >= 15 is 0 Å². The summed E-state index contributed by atoms with van der Waals surface area (Å²) in [5.74, 6) is -0.752. The number of hydrogen-bond acceptors (Lipinski definition) is 3. The molecule has 0 aliphatic carbocycles. The number of rotatable bonds is 8. The van der Waals surface area contributed by atoms with E-state index in [9.17, 15) is 9.59 Å². The normalized spacial score (nSPS) is 10.4. The number of nitrogens with one attached hydrogen (secondary N) is 2. The van der Waals surface area contributed by atoms with Crippen LogP contribution < -0.4 is 10.6 Å². The van der Waals surface area contributed by atoms with E-state index in [1.807, 2.05) is 13.8 Å². The molecule has 0 aromatic heterocycles. The molecule has 0 radical (unpaired) electrons. The van der Waals surface area contributed by atoms with E-state index < -0.39 is 11.8 Å². The zero-order valence-corrected chi connectivity index (χ0v) is 11.2. The van der Waals surface area contributed by atoms with E-state index in [1.54, 1.807) is 0 Å². The van der Waals surface area contributed by atoms with Gasteiger partial charge in [0.05, 0.1) is 6.10 Å². The topological polar surface area (TPSA) is 67.4 Å². The van der Waals surface area contributed by atoms with Crippen LogP contribution in [0.15, 0.2) is 0 Å². The maximum atomic E-state index is 11.2. The molecule has 0 aromatic carbocycles. The summed E-state index contributed by atoms with van der Waals surface area (Å²) >= 11 is 5.44. The van der Waals surface area contributed by atoms with E-state index in [4.69, 9.17) is 16.3 Å². The fourth-order valence-electron chi connectivity index (χ4n) is 1.02. The summed E-state index contributed by atoms with van der Waals surface area (Å²) in [6.45, 7) is 5.33. The Morgan fingerprint density at radius 1 is 1.12 bits per heavy atom. The fraction of sp³-hybridized carbons (Fsp3) is 0.818. The predicted octanol–water partition coefficient (Wildman–Crippen LogP) is 0.663. The van der Waals surface area contributed by atoms with Gasteiger partial charge in [0, 0.05) is 25.6 Å². The molecule has 0 rings (SSSR count). The maximum absolute atomic E-state index is 11.2. The van der Waals surface area contributed by atoms with Crippen LogP contribution in [-0.2, 0) is 14.3 Å². The Morgan fingerprint density at radius 2 is 1.65 bits per heavy atom. The minimum Gasteiger partial charge on any atom is -0.379 e. The van der Waals surface area contributed by atoms with Crippen molar-refractivity contribution in [3.63, 3.8) is 0 Å². The van der Waals surface area contributed by atoms with Crippen LogP contribution in [0.5, 0.6) is 0 Å². The molecule has 6 heteroatoms. The molecule has 0 unspecified atom stereocenters. The molecule has 0 aliphatic heterocycles. The number of hydrogen-bond donors (Lipinski definition) is 2. The molecular weight excluding hydrogens is 244 g/mol. The number of carbonyl (C=O) groups excluding carboxylic acids is 2. The Morgan fingerprint density at radius 3 is 2.12 bits per heavy atom. The van der Waals surface area contributed by atoms with Crippen molar-refractivity contribution >= 4 is 23.4 Å². The lowest BCUT2D eigenvalue weighted by atomic mass is 10.4. The van der Waals surface area contributed by atoms with Gasteiger partial charge in [0.2, 0.25) is 0 Å².